The van der Waals surface area contributed by atoms with Crippen LogP contribution in [-0.2, 0) is 19.5 Å². The number of nitrogens with one attached hydrogen (secondary N) is 1. The zero-order chi connectivity index (χ0) is 27.6. The van der Waals surface area contributed by atoms with Gasteiger partial charge in [-0.3, -0.25) is 9.47 Å². The second-order valence-corrected chi connectivity index (χ2v) is 11.2. The molecule has 9 heteroatoms. The third kappa shape index (κ3) is 5.59. The lowest BCUT2D eigenvalue weighted by Gasteiger charge is -2.27. The van der Waals surface area contributed by atoms with Gasteiger partial charge in [0.05, 0.1) is 10.5 Å². The zero-order valence-corrected chi connectivity index (χ0v) is 23.6. The van der Waals surface area contributed by atoms with E-state index in [9.17, 15) is 9.18 Å². The van der Waals surface area contributed by atoms with E-state index in [4.69, 9.17) is 23.2 Å². The predicted molar refractivity (Wildman–Crippen MR) is 160 cm³/mol. The number of carbonyl (C=O) groups is 1. The molecule has 206 valence electrons. The van der Waals surface area contributed by atoms with Crippen LogP contribution in [0, 0.1) is 5.82 Å². The molecule has 0 spiro atoms. The van der Waals surface area contributed by atoms with Gasteiger partial charge in [0, 0.05) is 68.7 Å². The number of halogens is 3. The number of nitrogens with zero attached hydrogens (tertiary/aromatic N) is 4. The molecule has 0 radical (unpaired) electrons. The van der Waals surface area contributed by atoms with Crippen LogP contribution in [0.4, 0.5) is 14.9 Å². The molecule has 2 aliphatic heterocycles. The molecular formula is C31H30Cl2FN5O. The lowest BCUT2D eigenvalue weighted by molar-refractivity contribution is 0.240. The minimum atomic E-state index is -0.418. The van der Waals surface area contributed by atoms with Gasteiger partial charge in [0.1, 0.15) is 11.0 Å². The molecule has 1 saturated heterocycles. The molecule has 2 aromatic heterocycles. The van der Waals surface area contributed by atoms with Crippen LogP contribution in [0.3, 0.4) is 0 Å². The van der Waals surface area contributed by atoms with E-state index in [1.807, 2.05) is 22.8 Å². The molecule has 2 aromatic carbocycles. The number of fused-ring (bicyclic) bond motifs is 3. The van der Waals surface area contributed by atoms with Crippen LogP contribution in [0.1, 0.15) is 35.2 Å². The molecule has 0 aliphatic carbocycles. The van der Waals surface area contributed by atoms with Gasteiger partial charge in [-0.2, -0.15) is 0 Å². The molecule has 1 amide bonds. The van der Waals surface area contributed by atoms with Crippen molar-refractivity contribution in [3.8, 4) is 0 Å². The van der Waals surface area contributed by atoms with Crippen LogP contribution in [0.2, 0.25) is 10.2 Å². The fraction of sp³-hybridized carbons (Fsp3) is 0.290. The number of pyridine rings is 1. The Morgan fingerprint density at radius 2 is 1.90 bits per heavy atom. The molecule has 0 unspecified atom stereocenters. The standard InChI is InChI=1S/C31H30Cl2FN5O/c32-26-7-5-21(16-27(26)34)4-3-12-37-15-10-29-25(20-37)24-18-23(38-13-1-2-14-38)6-8-28(24)39(29)31(40)36-19-22-9-11-35-30(33)17-22/h3-9,11,16-18H,1-2,10,12-15,19-20H2,(H,36,40)/b4-3+. The van der Waals surface area contributed by atoms with E-state index in [0.29, 0.717) is 11.7 Å². The van der Waals surface area contributed by atoms with E-state index in [1.165, 1.54) is 30.2 Å². The molecule has 0 bridgehead atoms. The van der Waals surface area contributed by atoms with Crippen molar-refractivity contribution in [1.29, 1.82) is 0 Å². The molecule has 4 heterocycles. The number of carbonyl (C=O) groups excluding carboxylic acids is 1. The minimum Gasteiger partial charge on any atom is -0.372 e. The van der Waals surface area contributed by atoms with Crippen LogP contribution in [0.25, 0.3) is 17.0 Å². The Bertz CT molecular complexity index is 1590. The number of anilines is 1. The zero-order valence-electron chi connectivity index (χ0n) is 22.0. The Morgan fingerprint density at radius 3 is 2.70 bits per heavy atom. The van der Waals surface area contributed by atoms with Crippen molar-refractivity contribution in [3.63, 3.8) is 0 Å². The summed E-state index contributed by atoms with van der Waals surface area (Å²) in [5.74, 6) is -0.418. The number of hydrogen-bond acceptors (Lipinski definition) is 4. The van der Waals surface area contributed by atoms with Crippen molar-refractivity contribution in [2.75, 3.05) is 31.1 Å². The first-order valence-corrected chi connectivity index (χ1v) is 14.4. The minimum absolute atomic E-state index is 0.124. The van der Waals surface area contributed by atoms with Gasteiger partial charge in [-0.1, -0.05) is 41.4 Å². The van der Waals surface area contributed by atoms with Crippen molar-refractivity contribution in [2.45, 2.75) is 32.4 Å². The predicted octanol–water partition coefficient (Wildman–Crippen LogP) is 6.91. The molecule has 0 saturated carbocycles. The summed E-state index contributed by atoms with van der Waals surface area (Å²) in [7, 11) is 0. The smallest absolute Gasteiger partial charge is 0.326 e. The molecule has 6 nitrogen and oxygen atoms in total. The highest BCUT2D eigenvalue weighted by molar-refractivity contribution is 6.30. The largest absolute Gasteiger partial charge is 0.372 e. The van der Waals surface area contributed by atoms with Crippen molar-refractivity contribution in [1.82, 2.24) is 19.8 Å². The van der Waals surface area contributed by atoms with Crippen LogP contribution >= 0.6 is 23.2 Å². The first-order chi connectivity index (χ1) is 19.5. The second kappa shape index (κ2) is 11.6. The first-order valence-electron chi connectivity index (χ1n) is 13.6. The Balaban J connectivity index is 1.27. The maximum atomic E-state index is 13.8. The molecule has 6 rings (SSSR count). The monoisotopic (exact) mass is 577 g/mol. The van der Waals surface area contributed by atoms with Crippen LogP contribution < -0.4 is 10.2 Å². The summed E-state index contributed by atoms with van der Waals surface area (Å²) in [5, 5.41) is 4.72. The molecule has 1 fully saturated rings. The molecule has 2 aliphatic rings. The lowest BCUT2D eigenvalue weighted by Crippen LogP contribution is -2.34. The van der Waals surface area contributed by atoms with Gasteiger partial charge in [-0.05, 0) is 72.0 Å². The van der Waals surface area contributed by atoms with Crippen LogP contribution in [0.5, 0.6) is 0 Å². The summed E-state index contributed by atoms with van der Waals surface area (Å²) in [6.07, 6.45) is 8.77. The number of benzene rings is 2. The van der Waals surface area contributed by atoms with E-state index >= 15 is 0 Å². The van der Waals surface area contributed by atoms with Crippen molar-refractivity contribution >= 4 is 51.9 Å². The van der Waals surface area contributed by atoms with E-state index in [2.05, 4.69) is 44.4 Å². The Hall–Kier alpha value is -3.39. The molecule has 40 heavy (non-hydrogen) atoms. The maximum absolute atomic E-state index is 13.8. The SMILES string of the molecule is O=C(NCc1ccnc(Cl)c1)n1c2c(c3cc(N4CCCC4)ccc31)CN(C/C=C/c1ccc(Cl)c(F)c1)CC2. The third-order valence-corrected chi connectivity index (χ3v) is 8.25. The van der Waals surface area contributed by atoms with Crippen molar-refractivity contribution in [3.05, 3.63) is 99.2 Å². The normalized spacial score (nSPS) is 15.7. The average molecular weight is 579 g/mol. The first kappa shape index (κ1) is 26.8. The van der Waals surface area contributed by atoms with Gasteiger partial charge in [0.15, 0.2) is 0 Å². The van der Waals surface area contributed by atoms with Gasteiger partial charge in [-0.25, -0.2) is 14.2 Å². The second-order valence-electron chi connectivity index (χ2n) is 10.4. The van der Waals surface area contributed by atoms with Crippen LogP contribution in [0.15, 0.2) is 60.8 Å². The van der Waals surface area contributed by atoms with Gasteiger partial charge >= 0.3 is 6.03 Å². The fourth-order valence-corrected chi connectivity index (χ4v) is 6.04. The van der Waals surface area contributed by atoms with Gasteiger partial charge in [0.2, 0.25) is 0 Å². The van der Waals surface area contributed by atoms with Crippen molar-refractivity contribution in [2.24, 2.45) is 0 Å². The summed E-state index contributed by atoms with van der Waals surface area (Å²) < 4.78 is 15.7. The Morgan fingerprint density at radius 1 is 1.05 bits per heavy atom. The van der Waals surface area contributed by atoms with Gasteiger partial charge < -0.3 is 10.2 Å². The fourth-order valence-electron chi connectivity index (χ4n) is 5.73. The summed E-state index contributed by atoms with van der Waals surface area (Å²) >= 11 is 11.9. The summed E-state index contributed by atoms with van der Waals surface area (Å²) in [5.41, 5.74) is 6.05. The number of aromatic nitrogens is 2. The number of hydrogen-bond donors (Lipinski definition) is 1. The summed E-state index contributed by atoms with van der Waals surface area (Å²) in [6.45, 7) is 4.75. The van der Waals surface area contributed by atoms with E-state index in [-0.39, 0.29) is 11.1 Å². The highest BCUT2D eigenvalue weighted by Gasteiger charge is 2.27. The third-order valence-electron chi connectivity index (χ3n) is 7.74. The summed E-state index contributed by atoms with van der Waals surface area (Å²) in [4.78, 5) is 22.4. The van der Waals surface area contributed by atoms with Gasteiger partial charge in [0.25, 0.3) is 0 Å². The Labute approximate surface area is 243 Å². The molecule has 4 aromatic rings. The van der Waals surface area contributed by atoms with E-state index < -0.39 is 5.82 Å². The number of amides is 1. The van der Waals surface area contributed by atoms with Crippen LogP contribution in [-0.4, -0.2) is 46.7 Å². The molecule has 1 N–H and O–H groups in total. The highest BCUT2D eigenvalue weighted by Crippen LogP contribution is 2.34. The average Bonchev–Trinajstić information content (AvgIpc) is 3.60. The quantitative estimate of drug-likeness (QED) is 0.253. The topological polar surface area (TPSA) is 53.4 Å². The highest BCUT2D eigenvalue weighted by atomic mass is 35.5. The van der Waals surface area contributed by atoms with Gasteiger partial charge in [-0.15, -0.1) is 0 Å². The van der Waals surface area contributed by atoms with Crippen molar-refractivity contribution < 1.29 is 9.18 Å². The van der Waals surface area contributed by atoms with E-state index in [1.54, 1.807) is 18.3 Å². The molecule has 0 atom stereocenters. The maximum Gasteiger partial charge on any atom is 0.326 e. The summed E-state index contributed by atoms with van der Waals surface area (Å²) in [6, 6.07) is 14.8. The Kier molecular flexibility index (Phi) is 7.78. The molecular weight excluding hydrogens is 548 g/mol. The number of rotatable bonds is 6. The van der Waals surface area contributed by atoms with E-state index in [0.717, 1.165) is 66.9 Å². The lowest BCUT2D eigenvalue weighted by atomic mass is 10.0.